The number of urea groups is 1. The summed E-state index contributed by atoms with van der Waals surface area (Å²) in [5.41, 5.74) is 1.85. The Bertz CT molecular complexity index is 942. The summed E-state index contributed by atoms with van der Waals surface area (Å²) in [5.74, 6) is 0.910. The maximum atomic E-state index is 12.5. The Morgan fingerprint density at radius 3 is 2.81 bits per heavy atom. The zero-order valence-corrected chi connectivity index (χ0v) is 16.4. The highest BCUT2D eigenvalue weighted by molar-refractivity contribution is 7.11. The van der Waals surface area contributed by atoms with Gasteiger partial charge in [-0.15, -0.1) is 16.4 Å². The first-order chi connectivity index (χ1) is 13.1. The zero-order chi connectivity index (χ0) is 18.8. The molecule has 2 amide bonds. The number of hydrogen-bond acceptors (Lipinski definition) is 6. The summed E-state index contributed by atoms with van der Waals surface area (Å²) in [6.45, 7) is 7.52. The lowest BCUT2D eigenvalue weighted by atomic mass is 10.3. The van der Waals surface area contributed by atoms with E-state index >= 15 is 0 Å². The average Bonchev–Trinajstić information content (AvgIpc) is 3.31. The lowest BCUT2D eigenvalue weighted by Crippen LogP contribution is -2.52. The van der Waals surface area contributed by atoms with Gasteiger partial charge < -0.3 is 15.1 Å². The number of nitrogens with zero attached hydrogens (tertiary/aromatic N) is 6. The minimum atomic E-state index is -0.0153. The minimum absolute atomic E-state index is 0.0153. The Hall–Kier alpha value is -2.68. The molecule has 0 aliphatic carbocycles. The van der Waals surface area contributed by atoms with Crippen LogP contribution in [0.2, 0.25) is 0 Å². The van der Waals surface area contributed by atoms with Crippen LogP contribution in [0.15, 0.2) is 24.5 Å². The highest BCUT2D eigenvalue weighted by Crippen LogP contribution is 2.18. The van der Waals surface area contributed by atoms with E-state index in [1.807, 2.05) is 30.2 Å². The standard InChI is InChI=1S/C18H23N7OS/c1-3-17-21-13(2)14(27-17)12-20-18(26)24-10-8-23(9-11-24)16-5-4-15-19-6-7-25(15)22-16/h4-7H,3,8-12H2,1-2H3,(H,20,26). The van der Waals surface area contributed by atoms with Crippen LogP contribution in [0.25, 0.3) is 5.65 Å². The van der Waals surface area contributed by atoms with Crippen molar-refractivity contribution in [3.8, 4) is 0 Å². The van der Waals surface area contributed by atoms with E-state index in [-0.39, 0.29) is 6.03 Å². The van der Waals surface area contributed by atoms with Gasteiger partial charge in [0.25, 0.3) is 0 Å². The average molecular weight is 385 g/mol. The van der Waals surface area contributed by atoms with Crippen molar-refractivity contribution in [2.24, 2.45) is 0 Å². The number of aryl methyl sites for hydroxylation is 2. The predicted octanol–water partition coefficient (Wildman–Crippen LogP) is 2.09. The quantitative estimate of drug-likeness (QED) is 0.744. The summed E-state index contributed by atoms with van der Waals surface area (Å²) in [7, 11) is 0. The summed E-state index contributed by atoms with van der Waals surface area (Å²) >= 11 is 1.68. The molecule has 8 nitrogen and oxygen atoms in total. The minimum Gasteiger partial charge on any atom is -0.352 e. The number of carbonyl (C=O) groups excluding carboxylic acids is 1. The lowest BCUT2D eigenvalue weighted by Gasteiger charge is -2.35. The Morgan fingerprint density at radius 1 is 1.26 bits per heavy atom. The highest BCUT2D eigenvalue weighted by Gasteiger charge is 2.22. The molecule has 3 aromatic heterocycles. The van der Waals surface area contributed by atoms with Gasteiger partial charge in [0, 0.05) is 43.4 Å². The van der Waals surface area contributed by atoms with E-state index in [0.29, 0.717) is 19.6 Å². The molecule has 0 spiro atoms. The van der Waals surface area contributed by atoms with Crippen molar-refractivity contribution in [3.05, 3.63) is 40.1 Å². The van der Waals surface area contributed by atoms with Crippen LogP contribution in [0.3, 0.4) is 0 Å². The Balaban J connectivity index is 1.31. The van der Waals surface area contributed by atoms with E-state index in [2.05, 4.69) is 32.2 Å². The van der Waals surface area contributed by atoms with E-state index in [4.69, 9.17) is 0 Å². The molecule has 0 bridgehead atoms. The number of carbonyl (C=O) groups is 1. The molecule has 1 N–H and O–H groups in total. The third-order valence-corrected chi connectivity index (χ3v) is 6.07. The molecule has 0 unspecified atom stereocenters. The smallest absolute Gasteiger partial charge is 0.317 e. The Morgan fingerprint density at radius 2 is 2.07 bits per heavy atom. The van der Waals surface area contributed by atoms with Crippen LogP contribution >= 0.6 is 11.3 Å². The molecule has 1 fully saturated rings. The normalized spacial score (nSPS) is 14.7. The van der Waals surface area contributed by atoms with Crippen LogP contribution in [-0.4, -0.2) is 56.7 Å². The molecule has 0 aromatic carbocycles. The number of imidazole rings is 1. The van der Waals surface area contributed by atoms with Crippen LogP contribution in [0.1, 0.15) is 22.5 Å². The Labute approximate surface area is 161 Å². The fourth-order valence-electron chi connectivity index (χ4n) is 3.18. The number of nitrogens with one attached hydrogen (secondary N) is 1. The molecule has 0 atom stereocenters. The van der Waals surface area contributed by atoms with Gasteiger partial charge in [-0.2, -0.15) is 0 Å². The fourth-order valence-corrected chi connectivity index (χ4v) is 4.13. The second kappa shape index (κ2) is 7.51. The summed E-state index contributed by atoms with van der Waals surface area (Å²) < 4.78 is 1.77. The molecule has 27 heavy (non-hydrogen) atoms. The monoisotopic (exact) mass is 385 g/mol. The van der Waals surface area contributed by atoms with Crippen molar-refractivity contribution in [3.63, 3.8) is 0 Å². The van der Waals surface area contributed by atoms with Gasteiger partial charge in [0.1, 0.15) is 5.82 Å². The third-order valence-electron chi connectivity index (χ3n) is 4.77. The molecule has 1 aliphatic heterocycles. The number of thiazole rings is 1. The molecule has 1 aliphatic rings. The number of amides is 2. The molecule has 3 aromatic rings. The number of rotatable bonds is 4. The number of anilines is 1. The van der Waals surface area contributed by atoms with Gasteiger partial charge >= 0.3 is 6.03 Å². The van der Waals surface area contributed by atoms with E-state index < -0.39 is 0 Å². The predicted molar refractivity (Wildman–Crippen MR) is 105 cm³/mol. The SMILES string of the molecule is CCc1nc(C)c(CNC(=O)N2CCN(c3ccc4nccn4n3)CC2)s1. The van der Waals surface area contributed by atoms with Crippen LogP contribution in [0.5, 0.6) is 0 Å². The second-order valence-electron chi connectivity index (χ2n) is 6.52. The van der Waals surface area contributed by atoms with E-state index in [1.165, 1.54) is 0 Å². The van der Waals surface area contributed by atoms with Gasteiger partial charge in [0.05, 0.1) is 17.2 Å². The number of fused-ring (bicyclic) bond motifs is 1. The maximum absolute atomic E-state index is 12.5. The summed E-state index contributed by atoms with van der Waals surface area (Å²) in [4.78, 5) is 26.4. The first kappa shape index (κ1) is 17.7. The highest BCUT2D eigenvalue weighted by atomic mass is 32.1. The van der Waals surface area contributed by atoms with E-state index in [9.17, 15) is 4.79 Å². The fraction of sp³-hybridized carbons (Fsp3) is 0.444. The molecule has 4 heterocycles. The van der Waals surface area contributed by atoms with Gasteiger partial charge in [0.15, 0.2) is 5.65 Å². The van der Waals surface area contributed by atoms with Crippen LogP contribution < -0.4 is 10.2 Å². The first-order valence-electron chi connectivity index (χ1n) is 9.17. The zero-order valence-electron chi connectivity index (χ0n) is 15.6. The van der Waals surface area contributed by atoms with E-state index in [1.54, 1.807) is 22.0 Å². The van der Waals surface area contributed by atoms with Crippen molar-refractivity contribution in [2.75, 3.05) is 31.1 Å². The van der Waals surface area contributed by atoms with E-state index in [0.717, 1.165) is 46.6 Å². The second-order valence-corrected chi connectivity index (χ2v) is 7.69. The van der Waals surface area contributed by atoms with Gasteiger partial charge in [-0.3, -0.25) is 0 Å². The maximum Gasteiger partial charge on any atom is 0.317 e. The van der Waals surface area contributed by atoms with Gasteiger partial charge in [-0.1, -0.05) is 6.92 Å². The molecular weight excluding hydrogens is 362 g/mol. The number of aromatic nitrogens is 4. The largest absolute Gasteiger partial charge is 0.352 e. The third kappa shape index (κ3) is 3.73. The van der Waals surface area contributed by atoms with Gasteiger partial charge in [0.2, 0.25) is 0 Å². The summed E-state index contributed by atoms with van der Waals surface area (Å²) in [5, 5.41) is 8.73. The molecule has 9 heteroatoms. The topological polar surface area (TPSA) is 78.7 Å². The van der Waals surface area contributed by atoms with Crippen molar-refractivity contribution >= 4 is 28.8 Å². The lowest BCUT2D eigenvalue weighted by molar-refractivity contribution is 0.194. The molecular formula is C18H23N7OS. The van der Waals surface area contributed by atoms with Crippen LogP contribution in [-0.2, 0) is 13.0 Å². The van der Waals surface area contributed by atoms with Crippen molar-refractivity contribution in [1.29, 1.82) is 0 Å². The van der Waals surface area contributed by atoms with Crippen LogP contribution in [0.4, 0.5) is 10.6 Å². The molecule has 1 saturated heterocycles. The molecule has 4 rings (SSSR count). The number of piperazine rings is 1. The van der Waals surface area contributed by atoms with Gasteiger partial charge in [-0.05, 0) is 25.5 Å². The molecule has 0 radical (unpaired) electrons. The van der Waals surface area contributed by atoms with Gasteiger partial charge in [-0.25, -0.2) is 19.3 Å². The number of hydrogen-bond donors (Lipinski definition) is 1. The van der Waals surface area contributed by atoms with Crippen molar-refractivity contribution in [1.82, 2.24) is 29.8 Å². The molecule has 142 valence electrons. The van der Waals surface area contributed by atoms with Crippen LogP contribution in [0, 0.1) is 6.92 Å². The summed E-state index contributed by atoms with van der Waals surface area (Å²) in [6.07, 6.45) is 4.51. The molecule has 0 saturated carbocycles. The van der Waals surface area contributed by atoms with Crippen molar-refractivity contribution < 1.29 is 4.79 Å². The summed E-state index contributed by atoms with van der Waals surface area (Å²) in [6, 6.07) is 3.93. The first-order valence-corrected chi connectivity index (χ1v) is 9.99. The Kier molecular flexibility index (Phi) is 4.93. The van der Waals surface area contributed by atoms with Crippen molar-refractivity contribution in [2.45, 2.75) is 26.8 Å².